The molecule has 0 aliphatic heterocycles. The number of rotatable bonds is 9. The van der Waals surface area contributed by atoms with Gasteiger partial charge in [0.05, 0.1) is 0 Å². The summed E-state index contributed by atoms with van der Waals surface area (Å²) in [5.74, 6) is 0.656. The lowest BCUT2D eigenvalue weighted by atomic mass is 9.92. The third-order valence-corrected chi connectivity index (χ3v) is 5.75. The molecule has 0 bridgehead atoms. The first-order valence-electron chi connectivity index (χ1n) is 14.7. The Kier molecular flexibility index (Phi) is 34.3. The lowest BCUT2D eigenvalue weighted by Crippen LogP contribution is -1.96. The van der Waals surface area contributed by atoms with Crippen LogP contribution in [0.25, 0.3) is 11.6 Å². The van der Waals surface area contributed by atoms with Crippen LogP contribution in [-0.4, -0.2) is 0 Å². The number of hydrogen-bond acceptors (Lipinski definition) is 0. The van der Waals surface area contributed by atoms with Gasteiger partial charge in [0, 0.05) is 0 Å². The van der Waals surface area contributed by atoms with Gasteiger partial charge < -0.3 is 0 Å². The first kappa shape index (κ1) is 43.0. The van der Waals surface area contributed by atoms with Crippen LogP contribution in [0.5, 0.6) is 0 Å². The first-order chi connectivity index (χ1) is 18.7. The zero-order valence-electron chi connectivity index (χ0n) is 27.6. The van der Waals surface area contributed by atoms with E-state index in [0.29, 0.717) is 5.92 Å². The lowest BCUT2D eigenvalue weighted by molar-refractivity contribution is 0.624. The highest BCUT2D eigenvalue weighted by molar-refractivity contribution is 5.73. The second-order valence-corrected chi connectivity index (χ2v) is 8.50. The van der Waals surface area contributed by atoms with E-state index in [1.54, 1.807) is 0 Å². The second kappa shape index (κ2) is 31.1. The van der Waals surface area contributed by atoms with Crippen LogP contribution in [0.1, 0.15) is 110 Å². The van der Waals surface area contributed by atoms with Crippen LogP contribution in [0.4, 0.5) is 0 Å². The quantitative estimate of drug-likeness (QED) is 0.223. The summed E-state index contributed by atoms with van der Waals surface area (Å²) in [5, 5.41) is 0. The summed E-state index contributed by atoms with van der Waals surface area (Å²) < 4.78 is 0. The molecule has 1 atom stereocenters. The summed E-state index contributed by atoms with van der Waals surface area (Å²) in [5.41, 5.74) is 11.9. The van der Waals surface area contributed by atoms with Crippen molar-refractivity contribution in [1.29, 1.82) is 0 Å². The molecular formula is C39H62. The van der Waals surface area contributed by atoms with Crippen molar-refractivity contribution >= 4 is 11.6 Å². The highest BCUT2D eigenvalue weighted by atomic mass is 14.1. The maximum absolute atomic E-state index is 4.03. The minimum Gasteiger partial charge on any atom is -0.128 e. The Hall–Kier alpha value is -3.08. The fourth-order valence-corrected chi connectivity index (χ4v) is 3.29. The molecule has 0 N–H and O–H groups in total. The van der Waals surface area contributed by atoms with Gasteiger partial charge in [-0.15, -0.1) is 25.5 Å². The second-order valence-electron chi connectivity index (χ2n) is 8.50. The Balaban J connectivity index is -0.000000228. The summed E-state index contributed by atoms with van der Waals surface area (Å²) in [6.45, 7) is 42.1. The molecule has 2 rings (SSSR count). The van der Waals surface area contributed by atoms with Crippen LogP contribution in [0, 0.1) is 5.92 Å². The Morgan fingerprint density at radius 3 is 1.67 bits per heavy atom. The number of hydrogen-bond donors (Lipinski definition) is 0. The molecule has 2 aromatic carbocycles. The zero-order valence-corrected chi connectivity index (χ0v) is 27.6. The lowest BCUT2D eigenvalue weighted by Gasteiger charge is -2.12. The highest BCUT2D eigenvalue weighted by Gasteiger charge is 2.06. The Morgan fingerprint density at radius 1 is 0.846 bits per heavy atom. The van der Waals surface area contributed by atoms with Gasteiger partial charge >= 0.3 is 0 Å². The molecule has 0 saturated carbocycles. The summed E-state index contributed by atoms with van der Waals surface area (Å²) in [7, 11) is 0. The van der Waals surface area contributed by atoms with E-state index >= 15 is 0 Å². The van der Waals surface area contributed by atoms with Crippen molar-refractivity contribution in [2.24, 2.45) is 5.92 Å². The average Bonchev–Trinajstić information content (AvgIpc) is 2.99. The van der Waals surface area contributed by atoms with Gasteiger partial charge in [-0.3, -0.25) is 0 Å². The van der Waals surface area contributed by atoms with Crippen molar-refractivity contribution < 1.29 is 0 Å². The van der Waals surface area contributed by atoms with E-state index in [4.69, 9.17) is 0 Å². The smallest absolute Gasteiger partial charge is 0.0102 e. The van der Waals surface area contributed by atoms with Gasteiger partial charge in [0.1, 0.15) is 0 Å². The molecule has 0 aromatic heterocycles. The predicted octanol–water partition coefficient (Wildman–Crippen LogP) is 12.9. The minimum absolute atomic E-state index is 0.656. The molecule has 0 heteroatoms. The van der Waals surface area contributed by atoms with Gasteiger partial charge in [-0.25, -0.2) is 0 Å². The molecule has 0 fully saturated rings. The third kappa shape index (κ3) is 21.5. The van der Waals surface area contributed by atoms with Crippen LogP contribution in [-0.2, 0) is 19.3 Å². The third-order valence-electron chi connectivity index (χ3n) is 5.75. The van der Waals surface area contributed by atoms with Gasteiger partial charge in [0.2, 0.25) is 0 Å². The van der Waals surface area contributed by atoms with Gasteiger partial charge in [-0.2, -0.15) is 0 Å². The van der Waals surface area contributed by atoms with Crippen molar-refractivity contribution in [2.75, 3.05) is 0 Å². The molecule has 0 radical (unpaired) electrons. The summed E-state index contributed by atoms with van der Waals surface area (Å²) in [4.78, 5) is 0. The monoisotopic (exact) mass is 530 g/mol. The van der Waals surface area contributed by atoms with Crippen molar-refractivity contribution in [3.8, 4) is 0 Å². The Morgan fingerprint density at radius 2 is 1.33 bits per heavy atom. The summed E-state index contributed by atoms with van der Waals surface area (Å²) in [6.07, 6.45) is 9.47. The number of allylic oxidation sites excluding steroid dienone is 3. The predicted molar refractivity (Wildman–Crippen MR) is 187 cm³/mol. The molecule has 218 valence electrons. The molecule has 0 aliphatic carbocycles. The van der Waals surface area contributed by atoms with Crippen molar-refractivity contribution in [3.05, 3.63) is 127 Å². The molecule has 2 aromatic rings. The largest absolute Gasteiger partial charge is 0.128 e. The molecule has 0 nitrogen and oxygen atoms in total. The van der Waals surface area contributed by atoms with Crippen LogP contribution >= 0.6 is 0 Å². The van der Waals surface area contributed by atoms with Crippen molar-refractivity contribution in [2.45, 2.75) is 101 Å². The SMILES string of the molecule is C=C.C=C=Cc1cc(CC)c(CC)cc1C(=C)C.C=CCCC(C)C(=C)C.CC.CC.CCc1ccccc1. The minimum atomic E-state index is 0.656. The van der Waals surface area contributed by atoms with Gasteiger partial charge in [-0.1, -0.05) is 135 Å². The molecule has 1 unspecified atom stereocenters. The molecule has 0 heterocycles. The first-order valence-corrected chi connectivity index (χ1v) is 14.7. The van der Waals surface area contributed by atoms with Crippen LogP contribution in [0.3, 0.4) is 0 Å². The van der Waals surface area contributed by atoms with Gasteiger partial charge in [0.25, 0.3) is 0 Å². The van der Waals surface area contributed by atoms with Crippen LogP contribution < -0.4 is 0 Å². The average molecular weight is 531 g/mol. The van der Waals surface area contributed by atoms with E-state index in [2.05, 4.69) is 116 Å². The molecule has 0 spiro atoms. The van der Waals surface area contributed by atoms with E-state index in [1.807, 2.05) is 52.8 Å². The maximum atomic E-state index is 4.03. The van der Waals surface area contributed by atoms with Gasteiger partial charge in [-0.05, 0) is 85.8 Å². The maximum Gasteiger partial charge on any atom is -0.0102 e. The standard InChI is InChI=1S/C16H20.C9H16.C8H10.2C2H6.C2H4/c1-6-9-15-10-13(7-2)14(8-3)11-16(15)12(4)5;1-5-6-7-9(4)8(2)3;1-2-8-6-4-3-5-7-8;3*1-2/h9-11H,1,4,7-8H2,2-3,5H3;5,9H,1-2,6-7H2,3-4H3;3-7H,2H2,1H3;2*1-2H3;1-2H2. The number of aryl methyl sites for hydroxylation is 3. The van der Waals surface area contributed by atoms with Crippen molar-refractivity contribution in [3.63, 3.8) is 0 Å². The van der Waals surface area contributed by atoms with E-state index in [-0.39, 0.29) is 0 Å². The molecule has 0 amide bonds. The molecule has 0 aliphatic rings. The van der Waals surface area contributed by atoms with E-state index in [9.17, 15) is 0 Å². The molecular weight excluding hydrogens is 468 g/mol. The zero-order chi connectivity index (χ0) is 31.2. The Bertz CT molecular complexity index is 891. The summed E-state index contributed by atoms with van der Waals surface area (Å²) >= 11 is 0. The van der Waals surface area contributed by atoms with Crippen molar-refractivity contribution in [1.82, 2.24) is 0 Å². The van der Waals surface area contributed by atoms with E-state index in [1.165, 1.54) is 39.8 Å². The van der Waals surface area contributed by atoms with Gasteiger partial charge in [0.15, 0.2) is 0 Å². The topological polar surface area (TPSA) is 0 Å². The van der Waals surface area contributed by atoms with Crippen LogP contribution in [0.2, 0.25) is 0 Å². The fourth-order valence-electron chi connectivity index (χ4n) is 3.29. The summed E-state index contributed by atoms with van der Waals surface area (Å²) in [6, 6.07) is 14.9. The molecule has 0 saturated heterocycles. The molecule has 39 heavy (non-hydrogen) atoms. The van der Waals surface area contributed by atoms with E-state index in [0.717, 1.165) is 31.3 Å². The Labute approximate surface area is 245 Å². The number of benzene rings is 2. The van der Waals surface area contributed by atoms with E-state index < -0.39 is 0 Å². The normalized spacial score (nSPS) is 9.18. The van der Waals surface area contributed by atoms with Crippen LogP contribution in [0.15, 0.2) is 99.3 Å². The highest BCUT2D eigenvalue weighted by Crippen LogP contribution is 2.24. The fraction of sp³-hybridized carbons (Fsp3) is 0.410.